The van der Waals surface area contributed by atoms with Gasteiger partial charge in [0.25, 0.3) is 5.56 Å². The van der Waals surface area contributed by atoms with Crippen molar-refractivity contribution in [1.82, 2.24) is 19.9 Å². The Morgan fingerprint density at radius 3 is 2.90 bits per heavy atom. The number of anilines is 1. The maximum Gasteiger partial charge on any atom is 0.258 e. The fraction of sp³-hybridized carbons (Fsp3) is 0.278. The van der Waals surface area contributed by atoms with Gasteiger partial charge in [-0.3, -0.25) is 14.8 Å². The smallest absolute Gasteiger partial charge is 0.258 e. The van der Waals surface area contributed by atoms with Gasteiger partial charge in [0.05, 0.1) is 11.3 Å². The monoisotopic (exact) mass is 446 g/mol. The van der Waals surface area contributed by atoms with E-state index in [1.54, 1.807) is 30.1 Å². The summed E-state index contributed by atoms with van der Waals surface area (Å²) in [7, 11) is 0. The summed E-state index contributed by atoms with van der Waals surface area (Å²) in [5.74, 6) is 1.83. The first-order valence-corrected chi connectivity index (χ1v) is 11.0. The lowest BCUT2D eigenvalue weighted by Crippen LogP contribution is -2.21. The number of nitrogens with two attached hydrogens (primary N) is 2. The fourth-order valence-corrected chi connectivity index (χ4v) is 4.01. The Kier molecular flexibility index (Phi) is 7.38. The average Bonchev–Trinajstić information content (AvgIpc) is 3.14. The third-order valence-electron chi connectivity index (χ3n) is 3.92. The largest absolute Gasteiger partial charge is 0.383 e. The van der Waals surface area contributed by atoms with Gasteiger partial charge >= 0.3 is 0 Å². The van der Waals surface area contributed by atoms with Gasteiger partial charge in [0.15, 0.2) is 5.96 Å². The molecule has 0 radical (unpaired) electrons. The fourth-order valence-electron chi connectivity index (χ4n) is 2.45. The van der Waals surface area contributed by atoms with E-state index in [-0.39, 0.29) is 11.5 Å². The van der Waals surface area contributed by atoms with Crippen molar-refractivity contribution < 1.29 is 5.11 Å². The Labute approximate surface area is 180 Å². The highest BCUT2D eigenvalue weighted by Gasteiger charge is 2.15. The van der Waals surface area contributed by atoms with Crippen LogP contribution in [0.4, 0.5) is 11.1 Å². The Morgan fingerprint density at radius 2 is 2.20 bits per heavy atom. The van der Waals surface area contributed by atoms with Crippen LogP contribution in [0.5, 0.6) is 0 Å². The molecule has 3 heterocycles. The SMILES string of the molecule is Cc1ccc(C(O)c2cnc(NCCSCc3csc(N=C(N)N)n3)[nH]c2=O)cn1. The molecule has 3 rings (SSSR count). The summed E-state index contributed by atoms with van der Waals surface area (Å²) in [6.45, 7) is 2.45. The Morgan fingerprint density at radius 1 is 1.37 bits per heavy atom. The minimum atomic E-state index is -1.08. The molecule has 1 unspecified atom stereocenters. The molecule has 1 atom stereocenters. The summed E-state index contributed by atoms with van der Waals surface area (Å²) in [5, 5.41) is 15.9. The van der Waals surface area contributed by atoms with Gasteiger partial charge in [-0.15, -0.1) is 11.3 Å². The van der Waals surface area contributed by atoms with E-state index in [9.17, 15) is 9.90 Å². The highest BCUT2D eigenvalue weighted by molar-refractivity contribution is 7.98. The lowest BCUT2D eigenvalue weighted by atomic mass is 10.1. The number of guanidine groups is 1. The van der Waals surface area contributed by atoms with Crippen molar-refractivity contribution in [2.75, 3.05) is 17.6 Å². The lowest BCUT2D eigenvalue weighted by Gasteiger charge is -2.11. The van der Waals surface area contributed by atoms with Gasteiger partial charge in [0.1, 0.15) is 6.10 Å². The van der Waals surface area contributed by atoms with E-state index in [0.29, 0.717) is 23.2 Å². The molecule has 3 aromatic rings. The first-order valence-electron chi connectivity index (χ1n) is 8.98. The van der Waals surface area contributed by atoms with Crippen LogP contribution in [0.15, 0.2) is 39.7 Å². The summed E-state index contributed by atoms with van der Waals surface area (Å²) in [6, 6.07) is 3.51. The van der Waals surface area contributed by atoms with Crippen molar-refractivity contribution in [3.63, 3.8) is 0 Å². The minimum Gasteiger partial charge on any atom is -0.383 e. The zero-order valence-electron chi connectivity index (χ0n) is 16.2. The topological polar surface area (TPSA) is 168 Å². The molecule has 0 fully saturated rings. The van der Waals surface area contributed by atoms with Crippen molar-refractivity contribution in [2.24, 2.45) is 16.5 Å². The third kappa shape index (κ3) is 6.02. The summed E-state index contributed by atoms with van der Waals surface area (Å²) in [4.78, 5) is 31.5. The number of nitrogens with zero attached hydrogens (tertiary/aromatic N) is 4. The molecule has 0 amide bonds. The predicted molar refractivity (Wildman–Crippen MR) is 120 cm³/mol. The van der Waals surface area contributed by atoms with Crippen LogP contribution in [0.1, 0.15) is 28.6 Å². The van der Waals surface area contributed by atoms with Crippen molar-refractivity contribution in [3.05, 3.63) is 62.8 Å². The number of hydrogen-bond donors (Lipinski definition) is 5. The second-order valence-electron chi connectivity index (χ2n) is 6.29. The number of pyridine rings is 1. The molecule has 0 saturated carbocycles. The van der Waals surface area contributed by atoms with E-state index in [2.05, 4.69) is 30.2 Å². The number of aliphatic hydroxyl groups excluding tert-OH is 1. The van der Waals surface area contributed by atoms with Crippen LogP contribution in [-0.4, -0.2) is 43.3 Å². The Bertz CT molecular complexity index is 1060. The first-order chi connectivity index (χ1) is 14.4. The standard InChI is InChI=1S/C18H22N8O2S2/c1-10-2-3-11(6-22-10)14(27)13-7-23-17(25-15(13)28)21-4-5-29-8-12-9-30-18(24-12)26-16(19)20/h2-3,6-7,9,14,27H,4-5,8H2,1H3,(H4,19,20,24,26)(H2,21,23,25,28). The quantitative estimate of drug-likeness (QED) is 0.184. The number of nitrogens with one attached hydrogen (secondary N) is 2. The van der Waals surface area contributed by atoms with Crippen molar-refractivity contribution in [2.45, 2.75) is 18.8 Å². The van der Waals surface area contributed by atoms with Gasteiger partial charge in [-0.25, -0.2) is 9.97 Å². The molecule has 12 heteroatoms. The second kappa shape index (κ2) is 10.2. The number of aliphatic hydroxyl groups is 1. The number of hydrogen-bond acceptors (Lipinski definition) is 9. The molecule has 0 aromatic carbocycles. The summed E-state index contributed by atoms with van der Waals surface area (Å²) < 4.78 is 0. The van der Waals surface area contributed by atoms with E-state index < -0.39 is 11.7 Å². The number of aryl methyl sites for hydroxylation is 1. The van der Waals surface area contributed by atoms with E-state index in [1.165, 1.54) is 17.5 Å². The van der Waals surface area contributed by atoms with E-state index >= 15 is 0 Å². The van der Waals surface area contributed by atoms with Gasteiger partial charge in [-0.1, -0.05) is 6.07 Å². The normalized spacial score (nSPS) is 11.8. The van der Waals surface area contributed by atoms with Crippen molar-refractivity contribution >= 4 is 40.1 Å². The molecule has 0 spiro atoms. The maximum atomic E-state index is 12.3. The molecule has 0 aliphatic rings. The predicted octanol–water partition coefficient (Wildman–Crippen LogP) is 1.26. The van der Waals surface area contributed by atoms with Crippen LogP contribution in [0.25, 0.3) is 0 Å². The number of H-pyrrole nitrogens is 1. The van der Waals surface area contributed by atoms with Crippen LogP contribution >= 0.6 is 23.1 Å². The van der Waals surface area contributed by atoms with Crippen LogP contribution in [-0.2, 0) is 5.75 Å². The molecular formula is C18H22N8O2S2. The highest BCUT2D eigenvalue weighted by atomic mass is 32.2. The molecular weight excluding hydrogens is 424 g/mol. The number of aliphatic imine (C=N–C) groups is 1. The molecule has 30 heavy (non-hydrogen) atoms. The van der Waals surface area contributed by atoms with E-state index in [4.69, 9.17) is 11.5 Å². The lowest BCUT2D eigenvalue weighted by molar-refractivity contribution is 0.217. The summed E-state index contributed by atoms with van der Waals surface area (Å²) >= 11 is 3.05. The van der Waals surface area contributed by atoms with Gasteiger partial charge < -0.3 is 21.9 Å². The van der Waals surface area contributed by atoms with Crippen LogP contribution < -0.4 is 22.3 Å². The van der Waals surface area contributed by atoms with E-state index in [1.807, 2.05) is 12.3 Å². The van der Waals surface area contributed by atoms with Gasteiger partial charge in [0, 0.05) is 47.1 Å². The van der Waals surface area contributed by atoms with Crippen LogP contribution in [0.2, 0.25) is 0 Å². The van der Waals surface area contributed by atoms with Crippen LogP contribution in [0.3, 0.4) is 0 Å². The summed E-state index contributed by atoms with van der Waals surface area (Å²) in [5.41, 5.74) is 12.7. The number of aromatic amines is 1. The van der Waals surface area contributed by atoms with Gasteiger partial charge in [-0.05, 0) is 13.0 Å². The maximum absolute atomic E-state index is 12.3. The molecule has 3 aromatic heterocycles. The Hall–Kier alpha value is -2.96. The molecule has 0 saturated heterocycles. The third-order valence-corrected chi connectivity index (χ3v) is 5.70. The minimum absolute atomic E-state index is 0.0108. The van der Waals surface area contributed by atoms with Crippen molar-refractivity contribution in [1.29, 1.82) is 0 Å². The second-order valence-corrected chi connectivity index (χ2v) is 8.23. The molecule has 10 nitrogen and oxygen atoms in total. The van der Waals surface area contributed by atoms with Crippen LogP contribution in [0, 0.1) is 6.92 Å². The van der Waals surface area contributed by atoms with Crippen molar-refractivity contribution in [3.8, 4) is 0 Å². The molecule has 0 bridgehead atoms. The molecule has 158 valence electrons. The number of aromatic nitrogens is 4. The molecule has 7 N–H and O–H groups in total. The number of thiazole rings is 1. The first kappa shape index (κ1) is 21.7. The molecule has 0 aliphatic heterocycles. The summed E-state index contributed by atoms with van der Waals surface area (Å²) in [6.07, 6.45) is 1.84. The highest BCUT2D eigenvalue weighted by Crippen LogP contribution is 2.22. The van der Waals surface area contributed by atoms with Gasteiger partial charge in [-0.2, -0.15) is 16.8 Å². The number of thioether (sulfide) groups is 1. The zero-order chi connectivity index (χ0) is 21.5. The van der Waals surface area contributed by atoms with E-state index in [0.717, 1.165) is 22.9 Å². The Balaban J connectivity index is 1.48. The average molecular weight is 447 g/mol. The number of rotatable bonds is 9. The van der Waals surface area contributed by atoms with Gasteiger partial charge in [0.2, 0.25) is 11.1 Å². The molecule has 0 aliphatic carbocycles. The zero-order valence-corrected chi connectivity index (χ0v) is 17.8.